The van der Waals surface area contributed by atoms with Crippen molar-refractivity contribution in [2.75, 3.05) is 13.2 Å². The van der Waals surface area contributed by atoms with Crippen LogP contribution in [0.4, 0.5) is 0 Å². The summed E-state index contributed by atoms with van der Waals surface area (Å²) in [5.41, 5.74) is 1.75. The minimum absolute atomic E-state index is 0.0420. The molecular weight excluding hydrogens is 348 g/mol. The summed E-state index contributed by atoms with van der Waals surface area (Å²) in [5, 5.41) is 20.0. The number of hydrogen-bond donors (Lipinski definition) is 2. The van der Waals surface area contributed by atoms with Crippen molar-refractivity contribution in [1.82, 2.24) is 30.1 Å². The van der Waals surface area contributed by atoms with Crippen molar-refractivity contribution < 1.29 is 14.4 Å². The zero-order valence-electron chi connectivity index (χ0n) is 15.0. The first-order chi connectivity index (χ1) is 13.2. The number of hydrogen-bond acceptors (Lipinski definition) is 7. The number of nitrogens with one attached hydrogen (secondary N) is 1. The highest BCUT2D eigenvalue weighted by molar-refractivity contribution is 5.99. The van der Waals surface area contributed by atoms with E-state index < -0.39 is 0 Å². The van der Waals surface area contributed by atoms with Gasteiger partial charge in [0.1, 0.15) is 5.56 Å². The molecule has 1 fully saturated rings. The van der Waals surface area contributed by atoms with Crippen LogP contribution in [0.5, 0.6) is 0 Å². The van der Waals surface area contributed by atoms with Crippen LogP contribution < -0.4 is 5.32 Å². The fraction of sp³-hybridized carbons (Fsp3) is 0.500. The van der Waals surface area contributed by atoms with Gasteiger partial charge >= 0.3 is 0 Å². The SMILES string of the molecule is O=C(NCCc1noc(C2CCCC2)n1)c1cnn2cc(CCO)cnc12. The van der Waals surface area contributed by atoms with Crippen molar-refractivity contribution in [2.24, 2.45) is 0 Å². The highest BCUT2D eigenvalue weighted by Crippen LogP contribution is 2.32. The number of fused-ring (bicyclic) bond motifs is 1. The molecule has 1 aliphatic rings. The van der Waals surface area contributed by atoms with E-state index in [1.807, 2.05) is 0 Å². The summed E-state index contributed by atoms with van der Waals surface area (Å²) in [4.78, 5) is 21.2. The Kier molecular flexibility index (Phi) is 5.10. The van der Waals surface area contributed by atoms with E-state index in [4.69, 9.17) is 9.63 Å². The Morgan fingerprint density at radius 2 is 2.15 bits per heavy atom. The zero-order valence-corrected chi connectivity index (χ0v) is 15.0. The minimum atomic E-state index is -0.244. The van der Waals surface area contributed by atoms with Crippen LogP contribution in [-0.2, 0) is 12.8 Å². The molecule has 1 aliphatic carbocycles. The summed E-state index contributed by atoms with van der Waals surface area (Å²) in [6.07, 6.45) is 10.6. The number of aromatic nitrogens is 5. The van der Waals surface area contributed by atoms with Gasteiger partial charge in [0.25, 0.3) is 5.91 Å². The largest absolute Gasteiger partial charge is 0.396 e. The Bertz CT molecular complexity index is 928. The molecule has 0 atom stereocenters. The summed E-state index contributed by atoms with van der Waals surface area (Å²) in [6.45, 7) is 0.447. The molecular formula is C18H22N6O3. The van der Waals surface area contributed by atoms with Gasteiger partial charge in [-0.1, -0.05) is 18.0 Å². The van der Waals surface area contributed by atoms with Crippen molar-refractivity contribution in [3.8, 4) is 0 Å². The predicted octanol–water partition coefficient (Wildman–Crippen LogP) is 1.28. The first kappa shape index (κ1) is 17.6. The Balaban J connectivity index is 1.35. The Morgan fingerprint density at radius 3 is 2.96 bits per heavy atom. The van der Waals surface area contributed by atoms with Gasteiger partial charge in [-0.05, 0) is 24.8 Å². The summed E-state index contributed by atoms with van der Waals surface area (Å²) >= 11 is 0. The third-order valence-corrected chi connectivity index (χ3v) is 4.88. The van der Waals surface area contributed by atoms with Gasteiger partial charge in [-0.25, -0.2) is 9.50 Å². The molecule has 2 N–H and O–H groups in total. The normalized spacial score (nSPS) is 14.9. The number of nitrogens with zero attached hydrogens (tertiary/aromatic N) is 5. The Labute approximate surface area is 155 Å². The van der Waals surface area contributed by atoms with Crippen LogP contribution in [-0.4, -0.2) is 48.9 Å². The van der Waals surface area contributed by atoms with E-state index in [0.29, 0.717) is 42.3 Å². The van der Waals surface area contributed by atoms with E-state index in [1.165, 1.54) is 19.0 Å². The molecule has 3 heterocycles. The smallest absolute Gasteiger partial charge is 0.256 e. The lowest BCUT2D eigenvalue weighted by Crippen LogP contribution is -2.26. The van der Waals surface area contributed by atoms with Crippen LogP contribution in [0.1, 0.15) is 59.2 Å². The zero-order chi connectivity index (χ0) is 18.6. The van der Waals surface area contributed by atoms with Gasteiger partial charge in [-0.2, -0.15) is 10.1 Å². The topological polar surface area (TPSA) is 118 Å². The van der Waals surface area contributed by atoms with Gasteiger partial charge in [0, 0.05) is 37.9 Å². The maximum absolute atomic E-state index is 12.4. The Hall–Kier alpha value is -2.81. The van der Waals surface area contributed by atoms with Gasteiger partial charge < -0.3 is 14.9 Å². The van der Waals surface area contributed by atoms with Crippen molar-refractivity contribution in [2.45, 2.75) is 44.4 Å². The first-order valence-electron chi connectivity index (χ1n) is 9.28. The molecule has 1 saturated carbocycles. The Morgan fingerprint density at radius 1 is 1.30 bits per heavy atom. The summed E-state index contributed by atoms with van der Waals surface area (Å²) in [7, 11) is 0. The number of carbonyl (C=O) groups is 1. The molecule has 0 aliphatic heterocycles. The predicted molar refractivity (Wildman–Crippen MR) is 95.3 cm³/mol. The summed E-state index contributed by atoms with van der Waals surface area (Å²) < 4.78 is 6.90. The van der Waals surface area contributed by atoms with Crippen molar-refractivity contribution in [1.29, 1.82) is 0 Å². The fourth-order valence-corrected chi connectivity index (χ4v) is 3.42. The van der Waals surface area contributed by atoms with Crippen LogP contribution in [0.15, 0.2) is 23.1 Å². The van der Waals surface area contributed by atoms with E-state index in [1.54, 1.807) is 16.9 Å². The van der Waals surface area contributed by atoms with E-state index in [-0.39, 0.29) is 12.5 Å². The standard InChI is InChI=1S/C18H22N6O3/c25-8-6-12-9-20-16-14(10-21-24(16)11-12)17(26)19-7-5-15-22-18(27-23-15)13-3-1-2-4-13/h9-11,13,25H,1-8H2,(H,19,26). The van der Waals surface area contributed by atoms with E-state index >= 15 is 0 Å². The minimum Gasteiger partial charge on any atom is -0.396 e. The van der Waals surface area contributed by atoms with Crippen LogP contribution in [0, 0.1) is 0 Å². The molecule has 0 spiro atoms. The number of amides is 1. The second-order valence-corrected chi connectivity index (χ2v) is 6.80. The van der Waals surface area contributed by atoms with Gasteiger partial charge in [0.2, 0.25) is 5.89 Å². The van der Waals surface area contributed by atoms with E-state index in [2.05, 4.69) is 25.5 Å². The van der Waals surface area contributed by atoms with Crippen molar-refractivity contribution in [3.05, 3.63) is 41.4 Å². The number of carbonyl (C=O) groups excluding carboxylic acids is 1. The highest BCUT2D eigenvalue weighted by atomic mass is 16.5. The van der Waals surface area contributed by atoms with Gasteiger partial charge in [0.15, 0.2) is 11.5 Å². The fourth-order valence-electron chi connectivity index (χ4n) is 3.42. The highest BCUT2D eigenvalue weighted by Gasteiger charge is 2.23. The number of rotatable bonds is 7. The van der Waals surface area contributed by atoms with E-state index in [0.717, 1.165) is 24.3 Å². The van der Waals surface area contributed by atoms with E-state index in [9.17, 15) is 4.79 Å². The van der Waals surface area contributed by atoms with Gasteiger partial charge in [-0.3, -0.25) is 4.79 Å². The van der Waals surface area contributed by atoms with Crippen LogP contribution >= 0.6 is 0 Å². The third-order valence-electron chi connectivity index (χ3n) is 4.88. The molecule has 0 unspecified atom stereocenters. The molecule has 9 nitrogen and oxygen atoms in total. The molecule has 0 aromatic carbocycles. The molecule has 3 aromatic rings. The molecule has 142 valence electrons. The summed E-state index contributed by atoms with van der Waals surface area (Å²) in [6, 6.07) is 0. The van der Waals surface area contributed by atoms with Crippen molar-refractivity contribution >= 4 is 11.6 Å². The van der Waals surface area contributed by atoms with Crippen LogP contribution in [0.25, 0.3) is 5.65 Å². The maximum Gasteiger partial charge on any atom is 0.256 e. The summed E-state index contributed by atoms with van der Waals surface area (Å²) in [5.74, 6) is 1.48. The molecule has 0 saturated heterocycles. The van der Waals surface area contributed by atoms with Gasteiger partial charge in [-0.15, -0.1) is 0 Å². The molecule has 4 rings (SSSR count). The molecule has 9 heteroatoms. The van der Waals surface area contributed by atoms with Crippen molar-refractivity contribution in [3.63, 3.8) is 0 Å². The molecule has 0 radical (unpaired) electrons. The number of aliphatic hydroxyl groups is 1. The maximum atomic E-state index is 12.4. The monoisotopic (exact) mass is 370 g/mol. The quantitative estimate of drug-likeness (QED) is 0.643. The average Bonchev–Trinajstić information content (AvgIpc) is 3.41. The second-order valence-electron chi connectivity index (χ2n) is 6.80. The van der Waals surface area contributed by atoms with Gasteiger partial charge in [0.05, 0.1) is 6.20 Å². The lowest BCUT2D eigenvalue weighted by molar-refractivity contribution is 0.0955. The molecule has 3 aromatic heterocycles. The molecule has 1 amide bonds. The lowest BCUT2D eigenvalue weighted by atomic mass is 10.1. The molecule has 0 bridgehead atoms. The lowest BCUT2D eigenvalue weighted by Gasteiger charge is -2.03. The van der Waals surface area contributed by atoms with Crippen LogP contribution in [0.2, 0.25) is 0 Å². The first-order valence-corrected chi connectivity index (χ1v) is 9.28. The number of aliphatic hydroxyl groups excluding tert-OH is 1. The molecule has 27 heavy (non-hydrogen) atoms. The third kappa shape index (κ3) is 3.82. The second kappa shape index (κ2) is 7.83. The average molecular weight is 370 g/mol. The van der Waals surface area contributed by atoms with Crippen LogP contribution in [0.3, 0.4) is 0 Å².